The van der Waals surface area contributed by atoms with Crippen LogP contribution >= 0.6 is 0 Å². The van der Waals surface area contributed by atoms with Crippen molar-refractivity contribution in [3.05, 3.63) is 95.2 Å². The number of likely N-dealkylation sites (tertiary alicyclic amines) is 1. The van der Waals surface area contributed by atoms with Gasteiger partial charge in [-0.2, -0.15) is 0 Å². The number of carbonyl (C=O) groups is 1. The first-order valence-electron chi connectivity index (χ1n) is 11.8. The number of fused-ring (bicyclic) bond motifs is 1. The van der Waals surface area contributed by atoms with Gasteiger partial charge in [-0.1, -0.05) is 60.7 Å². The first-order valence-corrected chi connectivity index (χ1v) is 11.8. The van der Waals surface area contributed by atoms with Gasteiger partial charge in [0.25, 0.3) is 0 Å². The van der Waals surface area contributed by atoms with Gasteiger partial charge in [0.15, 0.2) is 0 Å². The molecule has 1 N–H and O–H groups in total. The number of aryl methyl sites for hydroxylation is 1. The van der Waals surface area contributed by atoms with Crippen molar-refractivity contribution in [2.75, 3.05) is 19.6 Å². The molecule has 0 aliphatic carbocycles. The summed E-state index contributed by atoms with van der Waals surface area (Å²) in [7, 11) is 0. The highest BCUT2D eigenvalue weighted by molar-refractivity contribution is 6.05. The fourth-order valence-electron chi connectivity index (χ4n) is 4.85. The zero-order valence-corrected chi connectivity index (χ0v) is 19.1. The van der Waals surface area contributed by atoms with Crippen molar-refractivity contribution < 1.29 is 9.53 Å². The lowest BCUT2D eigenvalue weighted by Gasteiger charge is -2.14. The number of ether oxygens (including phenoxy) is 1. The molecule has 2 heterocycles. The second-order valence-corrected chi connectivity index (χ2v) is 8.90. The molecule has 1 aliphatic rings. The zero-order chi connectivity index (χ0) is 22.6. The molecule has 4 heteroatoms. The normalized spacial score (nSPS) is 14.1. The summed E-state index contributed by atoms with van der Waals surface area (Å²) in [6.07, 6.45) is 3.61. The molecule has 0 amide bonds. The number of carbonyl (C=O) groups excluding carboxylic acids is 1. The smallest absolute Gasteiger partial charge is 0.340 e. The summed E-state index contributed by atoms with van der Waals surface area (Å²) in [5.41, 5.74) is 6.95. The van der Waals surface area contributed by atoms with E-state index in [0.717, 1.165) is 46.3 Å². The SMILES string of the molecule is Cc1[nH]c2ccc(CCN3CCCC3)cc2c1C(=O)OCc1ccccc1-c1ccccc1. The maximum absolute atomic E-state index is 13.2. The molecular weight excluding hydrogens is 408 g/mol. The lowest BCUT2D eigenvalue weighted by atomic mass is 10.0. The van der Waals surface area contributed by atoms with Crippen LogP contribution in [-0.2, 0) is 17.8 Å². The molecule has 0 saturated carbocycles. The topological polar surface area (TPSA) is 45.3 Å². The average molecular weight is 439 g/mol. The maximum Gasteiger partial charge on any atom is 0.340 e. The van der Waals surface area contributed by atoms with Crippen LogP contribution in [-0.4, -0.2) is 35.5 Å². The van der Waals surface area contributed by atoms with E-state index in [1.165, 1.54) is 31.5 Å². The van der Waals surface area contributed by atoms with E-state index < -0.39 is 0 Å². The van der Waals surface area contributed by atoms with Crippen molar-refractivity contribution in [2.24, 2.45) is 0 Å². The van der Waals surface area contributed by atoms with Crippen molar-refractivity contribution >= 4 is 16.9 Å². The highest BCUT2D eigenvalue weighted by Gasteiger charge is 2.19. The van der Waals surface area contributed by atoms with Crippen LogP contribution in [0.3, 0.4) is 0 Å². The quantitative estimate of drug-likeness (QED) is 0.353. The van der Waals surface area contributed by atoms with Crippen molar-refractivity contribution in [2.45, 2.75) is 32.8 Å². The molecule has 0 atom stereocenters. The lowest BCUT2D eigenvalue weighted by molar-refractivity contribution is 0.0475. The van der Waals surface area contributed by atoms with Gasteiger partial charge in [0, 0.05) is 23.1 Å². The van der Waals surface area contributed by atoms with Crippen LogP contribution in [0.15, 0.2) is 72.8 Å². The molecule has 1 aliphatic heterocycles. The summed E-state index contributed by atoms with van der Waals surface area (Å²) in [4.78, 5) is 19.1. The van der Waals surface area contributed by atoms with Gasteiger partial charge < -0.3 is 14.6 Å². The summed E-state index contributed by atoms with van der Waals surface area (Å²) in [6, 6.07) is 24.7. The third kappa shape index (κ3) is 4.71. The Morgan fingerprint density at radius 2 is 1.73 bits per heavy atom. The van der Waals surface area contributed by atoms with E-state index in [9.17, 15) is 4.79 Å². The minimum absolute atomic E-state index is 0.241. The van der Waals surface area contributed by atoms with Crippen molar-refractivity contribution in [1.29, 1.82) is 0 Å². The van der Waals surface area contributed by atoms with Crippen LogP contribution in [0.5, 0.6) is 0 Å². The van der Waals surface area contributed by atoms with E-state index in [-0.39, 0.29) is 12.6 Å². The molecule has 33 heavy (non-hydrogen) atoms. The Labute approximate surface area is 195 Å². The van der Waals surface area contributed by atoms with Gasteiger partial charge in [0.2, 0.25) is 0 Å². The second kappa shape index (κ2) is 9.63. The number of rotatable bonds is 7. The van der Waals surface area contributed by atoms with E-state index in [0.29, 0.717) is 5.56 Å². The number of H-pyrrole nitrogens is 1. The van der Waals surface area contributed by atoms with Crippen LogP contribution < -0.4 is 0 Å². The monoisotopic (exact) mass is 438 g/mol. The summed E-state index contributed by atoms with van der Waals surface area (Å²) >= 11 is 0. The molecule has 4 nitrogen and oxygen atoms in total. The predicted molar refractivity (Wildman–Crippen MR) is 133 cm³/mol. The standard InChI is InChI=1S/C29H30N2O2/c1-21-28(26-19-22(13-14-27(26)30-21)15-18-31-16-7-8-17-31)29(32)33-20-24-11-5-6-12-25(24)23-9-3-2-4-10-23/h2-6,9-14,19,30H,7-8,15-18,20H2,1H3. The first kappa shape index (κ1) is 21.5. The van der Waals surface area contributed by atoms with Gasteiger partial charge in [0.1, 0.15) is 6.61 Å². The molecule has 1 saturated heterocycles. The molecule has 0 bridgehead atoms. The molecule has 0 unspecified atom stereocenters. The van der Waals surface area contributed by atoms with Gasteiger partial charge in [-0.15, -0.1) is 0 Å². The van der Waals surface area contributed by atoms with Gasteiger partial charge in [-0.25, -0.2) is 4.79 Å². The van der Waals surface area contributed by atoms with E-state index in [4.69, 9.17) is 4.74 Å². The molecule has 5 rings (SSSR count). The highest BCUT2D eigenvalue weighted by Crippen LogP contribution is 2.27. The maximum atomic E-state index is 13.2. The Morgan fingerprint density at radius 1 is 0.970 bits per heavy atom. The first-order chi connectivity index (χ1) is 16.2. The number of aromatic amines is 1. The van der Waals surface area contributed by atoms with Crippen molar-refractivity contribution in [3.8, 4) is 11.1 Å². The van der Waals surface area contributed by atoms with Gasteiger partial charge in [-0.3, -0.25) is 0 Å². The second-order valence-electron chi connectivity index (χ2n) is 8.90. The number of hydrogen-bond donors (Lipinski definition) is 1. The van der Waals surface area contributed by atoms with Crippen LogP contribution in [0.4, 0.5) is 0 Å². The lowest BCUT2D eigenvalue weighted by Crippen LogP contribution is -2.21. The number of esters is 1. The minimum atomic E-state index is -0.279. The van der Waals surface area contributed by atoms with Gasteiger partial charge >= 0.3 is 5.97 Å². The van der Waals surface area contributed by atoms with Crippen molar-refractivity contribution in [1.82, 2.24) is 9.88 Å². The summed E-state index contributed by atoms with van der Waals surface area (Å²) in [6.45, 7) is 5.66. The summed E-state index contributed by atoms with van der Waals surface area (Å²) in [5, 5.41) is 0.952. The number of benzene rings is 3. The molecular formula is C29H30N2O2. The molecule has 4 aromatic rings. The van der Waals surface area contributed by atoms with E-state index in [2.05, 4.69) is 46.3 Å². The molecule has 3 aromatic carbocycles. The fourth-order valence-corrected chi connectivity index (χ4v) is 4.85. The molecule has 0 spiro atoms. The predicted octanol–water partition coefficient (Wildman–Crippen LogP) is 6.14. The Hall–Kier alpha value is -3.37. The number of nitrogens with zero attached hydrogens (tertiary/aromatic N) is 1. The third-order valence-electron chi connectivity index (χ3n) is 6.63. The number of aromatic nitrogens is 1. The Balaban J connectivity index is 1.34. The van der Waals surface area contributed by atoms with Crippen LogP contribution in [0.25, 0.3) is 22.0 Å². The van der Waals surface area contributed by atoms with Crippen LogP contribution in [0.2, 0.25) is 0 Å². The van der Waals surface area contributed by atoms with Crippen LogP contribution in [0.1, 0.15) is 40.0 Å². The summed E-state index contributed by atoms with van der Waals surface area (Å²) in [5.74, 6) is -0.279. The van der Waals surface area contributed by atoms with Crippen molar-refractivity contribution in [3.63, 3.8) is 0 Å². The largest absolute Gasteiger partial charge is 0.457 e. The Morgan fingerprint density at radius 3 is 2.55 bits per heavy atom. The van der Waals surface area contributed by atoms with Gasteiger partial charge in [-0.05, 0) is 73.7 Å². The molecule has 0 radical (unpaired) electrons. The number of hydrogen-bond acceptors (Lipinski definition) is 3. The van der Waals surface area contributed by atoms with E-state index in [1.807, 2.05) is 43.3 Å². The van der Waals surface area contributed by atoms with E-state index in [1.54, 1.807) is 0 Å². The fraction of sp³-hybridized carbons (Fsp3) is 0.276. The van der Waals surface area contributed by atoms with Gasteiger partial charge in [0.05, 0.1) is 5.56 Å². The Bertz CT molecular complexity index is 1250. The average Bonchev–Trinajstić information content (AvgIpc) is 3.48. The van der Waals surface area contributed by atoms with E-state index >= 15 is 0 Å². The third-order valence-corrected chi connectivity index (χ3v) is 6.63. The molecule has 168 valence electrons. The molecule has 1 aromatic heterocycles. The Kier molecular flexibility index (Phi) is 6.27. The van der Waals surface area contributed by atoms with Crippen LogP contribution in [0, 0.1) is 6.92 Å². The number of nitrogens with one attached hydrogen (secondary N) is 1. The summed E-state index contributed by atoms with van der Waals surface area (Å²) < 4.78 is 5.84. The molecule has 1 fully saturated rings. The zero-order valence-electron chi connectivity index (χ0n) is 19.1. The highest BCUT2D eigenvalue weighted by atomic mass is 16.5. The minimum Gasteiger partial charge on any atom is -0.457 e.